The van der Waals surface area contributed by atoms with E-state index in [2.05, 4.69) is 10.6 Å². The van der Waals surface area contributed by atoms with Crippen LogP contribution in [0.1, 0.15) is 47.5 Å². The van der Waals surface area contributed by atoms with Crippen molar-refractivity contribution in [2.24, 2.45) is 0 Å². The summed E-state index contributed by atoms with van der Waals surface area (Å²) in [4.78, 5) is 25.1. The normalized spacial score (nSPS) is 10.7. The molecule has 1 aromatic carbocycles. The molecular formula is C18H20F2N2O3S. The largest absolute Gasteiger partial charge is 0.462 e. The van der Waals surface area contributed by atoms with Gasteiger partial charge in [-0.3, -0.25) is 5.32 Å². The molecule has 2 amide bonds. The number of halogens is 2. The van der Waals surface area contributed by atoms with Crippen molar-refractivity contribution in [3.63, 3.8) is 0 Å². The first-order chi connectivity index (χ1) is 12.3. The van der Waals surface area contributed by atoms with E-state index in [1.54, 1.807) is 13.0 Å². The summed E-state index contributed by atoms with van der Waals surface area (Å²) in [5.74, 6) is -1.76. The highest BCUT2D eigenvalue weighted by molar-refractivity contribution is 7.16. The van der Waals surface area contributed by atoms with E-state index in [1.807, 2.05) is 13.8 Å². The lowest BCUT2D eigenvalue weighted by molar-refractivity contribution is 0.0528. The molecule has 1 heterocycles. The predicted molar refractivity (Wildman–Crippen MR) is 96.6 cm³/mol. The minimum absolute atomic E-state index is 0.116. The van der Waals surface area contributed by atoms with Crippen molar-refractivity contribution in [1.29, 1.82) is 0 Å². The fraction of sp³-hybridized carbons (Fsp3) is 0.333. The predicted octanol–water partition coefficient (Wildman–Crippen LogP) is 4.65. The molecule has 140 valence electrons. The smallest absolute Gasteiger partial charge is 0.341 e. The minimum atomic E-state index is -0.740. The second-order valence-corrected chi connectivity index (χ2v) is 6.89. The van der Waals surface area contributed by atoms with Gasteiger partial charge in [-0.05, 0) is 25.0 Å². The first-order valence-electron chi connectivity index (χ1n) is 8.11. The third-order valence-corrected chi connectivity index (χ3v) is 4.85. The Morgan fingerprint density at radius 3 is 2.58 bits per heavy atom. The summed E-state index contributed by atoms with van der Waals surface area (Å²) in [5, 5.41) is 5.45. The summed E-state index contributed by atoms with van der Waals surface area (Å²) < 4.78 is 31.5. The van der Waals surface area contributed by atoms with E-state index < -0.39 is 23.6 Å². The fourth-order valence-corrected chi connectivity index (χ4v) is 3.18. The van der Waals surface area contributed by atoms with Gasteiger partial charge in [0, 0.05) is 23.1 Å². The zero-order valence-electron chi connectivity index (χ0n) is 14.7. The number of urea groups is 1. The van der Waals surface area contributed by atoms with Gasteiger partial charge < -0.3 is 10.1 Å². The molecule has 0 fully saturated rings. The number of benzene rings is 1. The van der Waals surface area contributed by atoms with Gasteiger partial charge in [0.25, 0.3) is 0 Å². The number of carbonyl (C=O) groups excluding carboxylic acids is 2. The molecule has 8 heteroatoms. The highest BCUT2D eigenvalue weighted by atomic mass is 32.1. The van der Waals surface area contributed by atoms with E-state index in [9.17, 15) is 18.4 Å². The second kappa shape index (κ2) is 8.75. The highest BCUT2D eigenvalue weighted by Crippen LogP contribution is 2.33. The molecule has 0 aliphatic rings. The zero-order chi connectivity index (χ0) is 19.3. The van der Waals surface area contributed by atoms with Gasteiger partial charge in [0.2, 0.25) is 0 Å². The monoisotopic (exact) mass is 382 g/mol. The van der Waals surface area contributed by atoms with E-state index in [0.29, 0.717) is 5.00 Å². The molecule has 26 heavy (non-hydrogen) atoms. The van der Waals surface area contributed by atoms with Crippen LogP contribution in [0.5, 0.6) is 0 Å². The van der Waals surface area contributed by atoms with E-state index in [4.69, 9.17) is 4.74 Å². The molecule has 0 radical (unpaired) electrons. The van der Waals surface area contributed by atoms with Crippen LogP contribution in [0.4, 0.5) is 18.6 Å². The van der Waals surface area contributed by atoms with E-state index in [-0.39, 0.29) is 30.2 Å². The maximum absolute atomic E-state index is 13.6. The van der Waals surface area contributed by atoms with Gasteiger partial charge in [-0.2, -0.15) is 0 Å². The molecule has 1 aromatic heterocycles. The van der Waals surface area contributed by atoms with Crippen LogP contribution in [-0.2, 0) is 11.3 Å². The molecule has 0 saturated heterocycles. The van der Waals surface area contributed by atoms with Crippen molar-refractivity contribution in [3.05, 3.63) is 51.9 Å². The van der Waals surface area contributed by atoms with Crippen LogP contribution in [0.3, 0.4) is 0 Å². The van der Waals surface area contributed by atoms with Gasteiger partial charge in [-0.1, -0.05) is 19.9 Å². The maximum atomic E-state index is 13.6. The number of anilines is 1. The average molecular weight is 382 g/mol. The first-order valence-corrected chi connectivity index (χ1v) is 8.93. The van der Waals surface area contributed by atoms with Crippen LogP contribution in [0.15, 0.2) is 24.3 Å². The molecule has 0 atom stereocenters. The number of nitrogens with one attached hydrogen (secondary N) is 2. The average Bonchev–Trinajstić information content (AvgIpc) is 2.98. The number of carbonyl (C=O) groups is 2. The lowest BCUT2D eigenvalue weighted by Crippen LogP contribution is -2.28. The quantitative estimate of drug-likeness (QED) is 0.715. The number of hydrogen-bond donors (Lipinski definition) is 2. The molecule has 0 aliphatic carbocycles. The summed E-state index contributed by atoms with van der Waals surface area (Å²) in [7, 11) is 0. The van der Waals surface area contributed by atoms with Crippen LogP contribution in [0.2, 0.25) is 0 Å². The van der Waals surface area contributed by atoms with Crippen molar-refractivity contribution in [2.75, 3.05) is 11.9 Å². The number of thiophene rings is 1. The molecule has 2 aromatic rings. The Labute approximate surface area is 154 Å². The SMILES string of the molecule is CCOC(=O)c1cc(C(C)C)sc1NC(=O)NCc1ccc(F)cc1F. The van der Waals surface area contributed by atoms with Crippen molar-refractivity contribution in [2.45, 2.75) is 33.2 Å². The Morgan fingerprint density at radius 2 is 1.96 bits per heavy atom. The molecule has 0 aliphatic heterocycles. The Balaban J connectivity index is 2.08. The van der Waals surface area contributed by atoms with Crippen LogP contribution >= 0.6 is 11.3 Å². The van der Waals surface area contributed by atoms with Crippen molar-refractivity contribution in [1.82, 2.24) is 5.32 Å². The topological polar surface area (TPSA) is 67.4 Å². The maximum Gasteiger partial charge on any atom is 0.341 e. The zero-order valence-corrected chi connectivity index (χ0v) is 15.5. The Kier molecular flexibility index (Phi) is 6.68. The van der Waals surface area contributed by atoms with E-state index in [0.717, 1.165) is 17.0 Å². The molecule has 2 N–H and O–H groups in total. The minimum Gasteiger partial charge on any atom is -0.462 e. The van der Waals surface area contributed by atoms with Crippen LogP contribution in [0, 0.1) is 11.6 Å². The number of ether oxygens (including phenoxy) is 1. The third-order valence-electron chi connectivity index (χ3n) is 3.50. The van der Waals surface area contributed by atoms with E-state index >= 15 is 0 Å². The van der Waals surface area contributed by atoms with Gasteiger partial charge in [0.15, 0.2) is 0 Å². The summed E-state index contributed by atoms with van der Waals surface area (Å²) in [6, 6.07) is 4.23. The summed E-state index contributed by atoms with van der Waals surface area (Å²) >= 11 is 1.28. The molecule has 0 saturated carbocycles. The molecule has 0 spiro atoms. The number of hydrogen-bond acceptors (Lipinski definition) is 4. The molecule has 0 bridgehead atoms. The lowest BCUT2D eigenvalue weighted by Gasteiger charge is -2.09. The number of esters is 1. The summed E-state index contributed by atoms with van der Waals surface area (Å²) in [6.45, 7) is 5.75. The van der Waals surface area contributed by atoms with Crippen LogP contribution in [0.25, 0.3) is 0 Å². The molecular weight excluding hydrogens is 362 g/mol. The Bertz CT molecular complexity index is 806. The third kappa shape index (κ3) is 5.01. The molecule has 5 nitrogen and oxygen atoms in total. The van der Waals surface area contributed by atoms with Gasteiger partial charge >= 0.3 is 12.0 Å². The summed E-state index contributed by atoms with van der Waals surface area (Å²) in [5.41, 5.74) is 0.435. The molecule has 2 rings (SSSR count). The second-order valence-electron chi connectivity index (χ2n) is 5.81. The van der Waals surface area contributed by atoms with Crippen molar-refractivity contribution in [3.8, 4) is 0 Å². The van der Waals surface area contributed by atoms with Crippen molar-refractivity contribution < 1.29 is 23.1 Å². The van der Waals surface area contributed by atoms with Crippen LogP contribution < -0.4 is 10.6 Å². The first kappa shape index (κ1) is 19.8. The van der Waals surface area contributed by atoms with E-state index in [1.165, 1.54) is 17.4 Å². The fourth-order valence-electron chi connectivity index (χ4n) is 2.14. The van der Waals surface area contributed by atoms with Crippen molar-refractivity contribution >= 4 is 28.3 Å². The highest BCUT2D eigenvalue weighted by Gasteiger charge is 2.20. The lowest BCUT2D eigenvalue weighted by atomic mass is 10.1. The van der Waals surface area contributed by atoms with Gasteiger partial charge in [-0.25, -0.2) is 18.4 Å². The number of amides is 2. The van der Waals surface area contributed by atoms with Gasteiger partial charge in [0.05, 0.1) is 12.2 Å². The summed E-state index contributed by atoms with van der Waals surface area (Å²) in [6.07, 6.45) is 0. The Morgan fingerprint density at radius 1 is 1.23 bits per heavy atom. The number of rotatable bonds is 6. The standard InChI is InChI=1S/C18H20F2N2O3S/c1-4-25-17(23)13-8-15(10(2)3)26-16(13)22-18(24)21-9-11-5-6-12(19)7-14(11)20/h5-8,10H,4,9H2,1-3H3,(H2,21,22,24). The van der Waals surface area contributed by atoms with Crippen LogP contribution in [-0.4, -0.2) is 18.6 Å². The Hall–Kier alpha value is -2.48. The van der Waals surface area contributed by atoms with Gasteiger partial charge in [-0.15, -0.1) is 11.3 Å². The van der Waals surface area contributed by atoms with Gasteiger partial charge in [0.1, 0.15) is 16.6 Å². The molecule has 0 unspecified atom stereocenters.